The quantitative estimate of drug-likeness (QED) is 0.659. The van der Waals surface area contributed by atoms with Crippen molar-refractivity contribution in [3.8, 4) is 0 Å². The van der Waals surface area contributed by atoms with Crippen molar-refractivity contribution in [2.45, 2.75) is 12.5 Å². The summed E-state index contributed by atoms with van der Waals surface area (Å²) in [6, 6.07) is 11.0. The van der Waals surface area contributed by atoms with Gasteiger partial charge in [0.15, 0.2) is 10.4 Å². The van der Waals surface area contributed by atoms with E-state index in [-0.39, 0.29) is 17.7 Å². The number of carbonyl (C=O) groups excluding carboxylic acids is 1. The molecule has 0 aliphatic rings. The van der Waals surface area contributed by atoms with E-state index in [9.17, 15) is 4.79 Å². The summed E-state index contributed by atoms with van der Waals surface area (Å²) in [5.41, 5.74) is 1.86. The van der Waals surface area contributed by atoms with Crippen LogP contribution < -0.4 is 5.32 Å². The molecular weight excluding hydrogens is 378 g/mol. The number of benzene rings is 1. The Kier molecular flexibility index (Phi) is 5.07. The Bertz CT molecular complexity index is 781. The van der Waals surface area contributed by atoms with E-state index in [1.165, 1.54) is 0 Å². The SMILES string of the molecule is CSCC[C@@H](NC(=O)c1ccc(Br)o1)c1nc2ccccc2[nH]1. The first-order valence-corrected chi connectivity index (χ1v) is 9.36. The average Bonchev–Trinajstić information content (AvgIpc) is 3.17. The largest absolute Gasteiger partial charge is 0.444 e. The summed E-state index contributed by atoms with van der Waals surface area (Å²) in [5, 5.41) is 3.00. The number of furan rings is 1. The monoisotopic (exact) mass is 393 g/mol. The average molecular weight is 394 g/mol. The highest BCUT2D eigenvalue weighted by Crippen LogP contribution is 2.21. The number of rotatable bonds is 6. The lowest BCUT2D eigenvalue weighted by Crippen LogP contribution is -2.29. The third kappa shape index (κ3) is 3.79. The second-order valence-electron chi connectivity index (χ2n) is 5.05. The molecule has 1 atom stereocenters. The van der Waals surface area contributed by atoms with Gasteiger partial charge in [0.05, 0.1) is 17.1 Å². The number of aromatic amines is 1. The van der Waals surface area contributed by atoms with Gasteiger partial charge in [-0.1, -0.05) is 12.1 Å². The summed E-state index contributed by atoms with van der Waals surface area (Å²) in [5.74, 6) is 1.72. The molecule has 2 aromatic heterocycles. The highest BCUT2D eigenvalue weighted by atomic mass is 79.9. The van der Waals surface area contributed by atoms with Crippen molar-refractivity contribution in [2.24, 2.45) is 0 Å². The number of aromatic nitrogens is 2. The molecule has 120 valence electrons. The molecule has 2 N–H and O–H groups in total. The fraction of sp³-hybridized carbons (Fsp3) is 0.250. The fourth-order valence-electron chi connectivity index (χ4n) is 2.32. The number of halogens is 1. The van der Waals surface area contributed by atoms with E-state index in [1.807, 2.05) is 30.5 Å². The van der Waals surface area contributed by atoms with Crippen LogP contribution in [0.2, 0.25) is 0 Å². The van der Waals surface area contributed by atoms with Crippen molar-refractivity contribution in [2.75, 3.05) is 12.0 Å². The number of fused-ring (bicyclic) bond motifs is 1. The number of imidazole rings is 1. The van der Waals surface area contributed by atoms with Crippen LogP contribution in [0, 0.1) is 0 Å². The van der Waals surface area contributed by atoms with Gasteiger partial charge < -0.3 is 14.7 Å². The standard InChI is InChI=1S/C16H16BrN3O2S/c1-23-9-8-12(20-16(21)13-6-7-14(17)22-13)15-18-10-4-2-3-5-11(10)19-15/h2-7,12H,8-9H2,1H3,(H,18,19)(H,20,21)/t12-/m1/s1. The molecule has 0 saturated heterocycles. The van der Waals surface area contributed by atoms with Gasteiger partial charge in [-0.2, -0.15) is 11.8 Å². The van der Waals surface area contributed by atoms with Crippen LogP contribution in [0.25, 0.3) is 11.0 Å². The molecule has 23 heavy (non-hydrogen) atoms. The number of hydrogen-bond donors (Lipinski definition) is 2. The summed E-state index contributed by atoms with van der Waals surface area (Å²) in [6.45, 7) is 0. The highest BCUT2D eigenvalue weighted by Gasteiger charge is 2.20. The van der Waals surface area contributed by atoms with Crippen molar-refractivity contribution in [1.82, 2.24) is 15.3 Å². The molecule has 0 unspecified atom stereocenters. The molecule has 0 aliphatic heterocycles. The van der Waals surface area contributed by atoms with E-state index in [0.29, 0.717) is 4.67 Å². The lowest BCUT2D eigenvalue weighted by Gasteiger charge is -2.15. The van der Waals surface area contributed by atoms with E-state index in [4.69, 9.17) is 4.42 Å². The van der Waals surface area contributed by atoms with E-state index in [1.54, 1.807) is 23.9 Å². The van der Waals surface area contributed by atoms with E-state index >= 15 is 0 Å². The Labute approximate surface area is 146 Å². The molecule has 1 aromatic carbocycles. The molecule has 0 saturated carbocycles. The van der Waals surface area contributed by atoms with Crippen molar-refractivity contribution in [3.05, 3.63) is 52.7 Å². The summed E-state index contributed by atoms with van der Waals surface area (Å²) >= 11 is 4.94. The number of thioether (sulfide) groups is 1. The lowest BCUT2D eigenvalue weighted by molar-refractivity contribution is 0.0905. The Morgan fingerprint density at radius 2 is 2.22 bits per heavy atom. The van der Waals surface area contributed by atoms with Gasteiger partial charge in [-0.05, 0) is 58.6 Å². The predicted molar refractivity (Wildman–Crippen MR) is 95.7 cm³/mol. The van der Waals surface area contributed by atoms with Crippen LogP contribution in [0.5, 0.6) is 0 Å². The third-order valence-electron chi connectivity index (χ3n) is 3.45. The zero-order valence-electron chi connectivity index (χ0n) is 12.5. The minimum absolute atomic E-state index is 0.189. The number of nitrogens with zero attached hydrogens (tertiary/aromatic N) is 1. The summed E-state index contributed by atoms with van der Waals surface area (Å²) in [6.07, 6.45) is 2.83. The zero-order chi connectivity index (χ0) is 16.2. The second-order valence-corrected chi connectivity index (χ2v) is 6.82. The minimum Gasteiger partial charge on any atom is -0.444 e. The maximum absolute atomic E-state index is 12.3. The summed E-state index contributed by atoms with van der Waals surface area (Å²) < 4.78 is 5.85. The van der Waals surface area contributed by atoms with Gasteiger partial charge in [-0.3, -0.25) is 4.79 Å². The molecule has 0 bridgehead atoms. The highest BCUT2D eigenvalue weighted by molar-refractivity contribution is 9.10. The first-order valence-electron chi connectivity index (χ1n) is 7.17. The van der Waals surface area contributed by atoms with Crippen LogP contribution in [-0.2, 0) is 0 Å². The Morgan fingerprint density at radius 1 is 1.39 bits per heavy atom. The topological polar surface area (TPSA) is 70.9 Å². The molecule has 5 nitrogen and oxygen atoms in total. The number of carbonyl (C=O) groups is 1. The Morgan fingerprint density at radius 3 is 2.91 bits per heavy atom. The molecule has 0 spiro atoms. The van der Waals surface area contributed by atoms with Gasteiger partial charge in [0, 0.05) is 0 Å². The first kappa shape index (κ1) is 16.1. The second kappa shape index (κ2) is 7.23. The Hall–Kier alpha value is -1.73. The number of para-hydroxylation sites is 2. The molecule has 3 aromatic rings. The number of amides is 1. The van der Waals surface area contributed by atoms with Crippen LogP contribution in [-0.4, -0.2) is 27.9 Å². The molecule has 7 heteroatoms. The van der Waals surface area contributed by atoms with Gasteiger partial charge in [-0.25, -0.2) is 4.98 Å². The maximum atomic E-state index is 12.3. The summed E-state index contributed by atoms with van der Waals surface area (Å²) in [7, 11) is 0. The van der Waals surface area contributed by atoms with Crippen molar-refractivity contribution in [3.63, 3.8) is 0 Å². The predicted octanol–water partition coefficient (Wildman–Crippen LogP) is 4.14. The van der Waals surface area contributed by atoms with Gasteiger partial charge in [0.1, 0.15) is 5.82 Å². The van der Waals surface area contributed by atoms with Crippen LogP contribution in [0.4, 0.5) is 0 Å². The smallest absolute Gasteiger partial charge is 0.287 e. The molecule has 0 fully saturated rings. The minimum atomic E-state index is -0.248. The lowest BCUT2D eigenvalue weighted by atomic mass is 10.2. The van der Waals surface area contributed by atoms with E-state index in [0.717, 1.165) is 29.0 Å². The van der Waals surface area contributed by atoms with Crippen LogP contribution in [0.3, 0.4) is 0 Å². The van der Waals surface area contributed by atoms with Crippen molar-refractivity contribution < 1.29 is 9.21 Å². The molecule has 2 heterocycles. The maximum Gasteiger partial charge on any atom is 0.287 e. The van der Waals surface area contributed by atoms with Crippen LogP contribution in [0.1, 0.15) is 28.8 Å². The number of hydrogen-bond acceptors (Lipinski definition) is 4. The number of H-pyrrole nitrogens is 1. The number of nitrogens with one attached hydrogen (secondary N) is 2. The third-order valence-corrected chi connectivity index (χ3v) is 4.52. The fourth-order valence-corrected chi connectivity index (χ4v) is 3.09. The Balaban J connectivity index is 1.83. The van der Waals surface area contributed by atoms with Gasteiger partial charge in [0.2, 0.25) is 0 Å². The normalized spacial score (nSPS) is 12.4. The molecule has 0 radical (unpaired) electrons. The van der Waals surface area contributed by atoms with Crippen molar-refractivity contribution in [1.29, 1.82) is 0 Å². The first-order chi connectivity index (χ1) is 11.2. The van der Waals surface area contributed by atoms with Crippen LogP contribution in [0.15, 0.2) is 45.5 Å². The van der Waals surface area contributed by atoms with E-state index < -0.39 is 0 Å². The van der Waals surface area contributed by atoms with Crippen LogP contribution >= 0.6 is 27.7 Å². The van der Waals surface area contributed by atoms with Gasteiger partial charge in [-0.15, -0.1) is 0 Å². The van der Waals surface area contributed by atoms with Gasteiger partial charge in [0.25, 0.3) is 5.91 Å². The zero-order valence-corrected chi connectivity index (χ0v) is 14.9. The van der Waals surface area contributed by atoms with Gasteiger partial charge >= 0.3 is 0 Å². The van der Waals surface area contributed by atoms with E-state index in [2.05, 4.69) is 31.2 Å². The summed E-state index contributed by atoms with van der Waals surface area (Å²) in [4.78, 5) is 20.2. The molecule has 3 rings (SSSR count). The molecule has 0 aliphatic carbocycles. The molecule has 1 amide bonds. The van der Waals surface area contributed by atoms with Crippen molar-refractivity contribution >= 4 is 44.6 Å². The molecular formula is C16H16BrN3O2S.